The topological polar surface area (TPSA) is 46.3 Å². The molecule has 0 spiro atoms. The van der Waals surface area contributed by atoms with E-state index in [1.807, 2.05) is 36.1 Å². The van der Waals surface area contributed by atoms with Gasteiger partial charge in [-0.1, -0.05) is 43.1 Å². The van der Waals surface area contributed by atoms with Gasteiger partial charge in [-0.05, 0) is 30.9 Å². The third kappa shape index (κ3) is 3.66. The van der Waals surface area contributed by atoms with Gasteiger partial charge in [0.15, 0.2) is 0 Å². The van der Waals surface area contributed by atoms with E-state index in [-0.39, 0.29) is 30.4 Å². The van der Waals surface area contributed by atoms with Crippen LogP contribution in [-0.4, -0.2) is 23.4 Å². The van der Waals surface area contributed by atoms with Gasteiger partial charge in [0.25, 0.3) is 0 Å². The first-order valence-electron chi connectivity index (χ1n) is 6.95. The molecule has 2 rings (SSSR count). The molecule has 5 heteroatoms. The molecular weight excluding hydrogens is 295 g/mol. The Kier molecular flexibility index (Phi) is 6.80. The van der Waals surface area contributed by atoms with Gasteiger partial charge in [-0.25, -0.2) is 0 Å². The molecule has 2 atom stereocenters. The van der Waals surface area contributed by atoms with Crippen LogP contribution in [0, 0.1) is 0 Å². The average Bonchev–Trinajstić information content (AvgIpc) is 2.87. The number of carbonyl (C=O) groups excluding carboxylic acids is 1. The van der Waals surface area contributed by atoms with Crippen LogP contribution in [0.1, 0.15) is 44.2 Å². The second-order valence-electron chi connectivity index (χ2n) is 5.11. The maximum Gasteiger partial charge on any atom is 0.239 e. The zero-order valence-electron chi connectivity index (χ0n) is 11.7. The van der Waals surface area contributed by atoms with Crippen molar-refractivity contribution in [1.82, 2.24) is 4.90 Å². The van der Waals surface area contributed by atoms with Crippen molar-refractivity contribution in [2.24, 2.45) is 5.73 Å². The summed E-state index contributed by atoms with van der Waals surface area (Å²) < 4.78 is 0. The monoisotopic (exact) mass is 316 g/mol. The van der Waals surface area contributed by atoms with Gasteiger partial charge in [-0.15, -0.1) is 12.4 Å². The number of hydrogen-bond donors (Lipinski definition) is 1. The van der Waals surface area contributed by atoms with Gasteiger partial charge in [-0.3, -0.25) is 4.79 Å². The highest BCUT2D eigenvalue weighted by molar-refractivity contribution is 6.31. The van der Waals surface area contributed by atoms with Crippen molar-refractivity contribution in [1.29, 1.82) is 0 Å². The largest absolute Gasteiger partial charge is 0.334 e. The molecular formula is C15H22Cl2N2O. The molecule has 1 aliphatic rings. The molecule has 0 bridgehead atoms. The van der Waals surface area contributed by atoms with Gasteiger partial charge >= 0.3 is 0 Å². The van der Waals surface area contributed by atoms with E-state index in [9.17, 15) is 4.79 Å². The van der Waals surface area contributed by atoms with Crippen molar-refractivity contribution in [3.63, 3.8) is 0 Å². The SMILES string of the molecule is CCCC(N)C(=O)N1CCCC1c1ccccc1Cl.Cl. The lowest BCUT2D eigenvalue weighted by Crippen LogP contribution is -2.43. The fraction of sp³-hybridized carbons (Fsp3) is 0.533. The van der Waals surface area contributed by atoms with Crippen molar-refractivity contribution in [3.8, 4) is 0 Å². The molecule has 0 aromatic heterocycles. The minimum absolute atomic E-state index is 0. The highest BCUT2D eigenvalue weighted by Crippen LogP contribution is 2.35. The fourth-order valence-electron chi connectivity index (χ4n) is 2.75. The van der Waals surface area contributed by atoms with Crippen LogP contribution >= 0.6 is 24.0 Å². The number of amides is 1. The summed E-state index contributed by atoms with van der Waals surface area (Å²) in [5, 5.41) is 0.733. The number of halogens is 2. The minimum atomic E-state index is -0.381. The summed E-state index contributed by atoms with van der Waals surface area (Å²) in [5.41, 5.74) is 7.00. The van der Waals surface area contributed by atoms with E-state index < -0.39 is 0 Å². The zero-order chi connectivity index (χ0) is 13.8. The number of carbonyl (C=O) groups is 1. The van der Waals surface area contributed by atoms with E-state index in [1.54, 1.807) is 0 Å². The van der Waals surface area contributed by atoms with Gasteiger partial charge in [0, 0.05) is 11.6 Å². The molecule has 1 amide bonds. The number of hydrogen-bond acceptors (Lipinski definition) is 2. The number of rotatable bonds is 4. The lowest BCUT2D eigenvalue weighted by molar-refractivity contribution is -0.133. The van der Waals surface area contributed by atoms with Crippen LogP contribution < -0.4 is 5.73 Å². The van der Waals surface area contributed by atoms with Crippen molar-refractivity contribution >= 4 is 29.9 Å². The van der Waals surface area contributed by atoms with Crippen LogP contribution in [0.5, 0.6) is 0 Å². The second kappa shape index (κ2) is 7.87. The average molecular weight is 317 g/mol. The van der Waals surface area contributed by atoms with Crippen molar-refractivity contribution in [2.45, 2.75) is 44.7 Å². The standard InChI is InChI=1S/C15H21ClN2O.ClH/c1-2-6-13(17)15(19)18-10-5-9-14(18)11-7-3-4-8-12(11)16;/h3-4,7-8,13-14H,2,5-6,9-10,17H2,1H3;1H. The smallest absolute Gasteiger partial charge is 0.239 e. The lowest BCUT2D eigenvalue weighted by atomic mass is 10.0. The first-order chi connectivity index (χ1) is 9.15. The third-order valence-electron chi connectivity index (χ3n) is 3.72. The van der Waals surface area contributed by atoms with E-state index in [1.165, 1.54) is 0 Å². The Morgan fingerprint density at radius 3 is 2.85 bits per heavy atom. The molecule has 2 unspecified atom stereocenters. The quantitative estimate of drug-likeness (QED) is 0.923. The number of nitrogens with two attached hydrogens (primary N) is 1. The Balaban J connectivity index is 0.00000200. The van der Waals surface area contributed by atoms with Gasteiger partial charge in [0.1, 0.15) is 0 Å². The van der Waals surface area contributed by atoms with Gasteiger partial charge in [0.05, 0.1) is 12.1 Å². The second-order valence-corrected chi connectivity index (χ2v) is 5.51. The molecule has 112 valence electrons. The van der Waals surface area contributed by atoms with Crippen LogP contribution in [0.4, 0.5) is 0 Å². The predicted molar refractivity (Wildman–Crippen MR) is 85.3 cm³/mol. The maximum atomic E-state index is 12.4. The summed E-state index contributed by atoms with van der Waals surface area (Å²) in [7, 11) is 0. The normalized spacial score (nSPS) is 19.6. The van der Waals surface area contributed by atoms with Crippen molar-refractivity contribution in [2.75, 3.05) is 6.54 Å². The third-order valence-corrected chi connectivity index (χ3v) is 4.06. The fourth-order valence-corrected chi connectivity index (χ4v) is 3.01. The first kappa shape index (κ1) is 17.3. The van der Waals surface area contributed by atoms with E-state index in [4.69, 9.17) is 17.3 Å². The summed E-state index contributed by atoms with van der Waals surface area (Å²) in [4.78, 5) is 14.3. The van der Waals surface area contributed by atoms with Crippen LogP contribution in [0.25, 0.3) is 0 Å². The Morgan fingerprint density at radius 1 is 1.50 bits per heavy atom. The van der Waals surface area contributed by atoms with E-state index in [2.05, 4.69) is 0 Å². The molecule has 3 nitrogen and oxygen atoms in total. The first-order valence-corrected chi connectivity index (χ1v) is 7.33. The molecule has 1 aromatic carbocycles. The van der Waals surface area contributed by atoms with Crippen molar-refractivity contribution < 1.29 is 4.79 Å². The minimum Gasteiger partial charge on any atom is -0.334 e. The van der Waals surface area contributed by atoms with E-state index >= 15 is 0 Å². The molecule has 1 aliphatic heterocycles. The summed E-state index contributed by atoms with van der Waals surface area (Å²) in [6.07, 6.45) is 3.65. The number of likely N-dealkylation sites (tertiary alicyclic amines) is 1. The van der Waals surface area contributed by atoms with Gasteiger partial charge < -0.3 is 10.6 Å². The van der Waals surface area contributed by atoms with Crippen LogP contribution in [0.2, 0.25) is 5.02 Å². The summed E-state index contributed by atoms with van der Waals surface area (Å²) in [6, 6.07) is 7.47. The molecule has 2 N–H and O–H groups in total. The highest BCUT2D eigenvalue weighted by Gasteiger charge is 2.33. The van der Waals surface area contributed by atoms with Crippen molar-refractivity contribution in [3.05, 3.63) is 34.9 Å². The summed E-state index contributed by atoms with van der Waals surface area (Å²) >= 11 is 6.25. The molecule has 0 aliphatic carbocycles. The van der Waals surface area contributed by atoms with E-state index in [0.29, 0.717) is 0 Å². The molecule has 1 aromatic rings. The number of benzene rings is 1. The van der Waals surface area contributed by atoms with Crippen LogP contribution in [0.15, 0.2) is 24.3 Å². The maximum absolute atomic E-state index is 12.4. The molecule has 1 fully saturated rings. The van der Waals surface area contributed by atoms with Crippen LogP contribution in [0.3, 0.4) is 0 Å². The Hall–Kier alpha value is -0.770. The van der Waals surface area contributed by atoms with E-state index in [0.717, 1.165) is 42.8 Å². The molecule has 1 heterocycles. The Morgan fingerprint density at radius 2 is 2.20 bits per heavy atom. The zero-order valence-corrected chi connectivity index (χ0v) is 13.3. The Bertz CT molecular complexity index is 453. The lowest BCUT2D eigenvalue weighted by Gasteiger charge is -2.28. The predicted octanol–water partition coefficient (Wildman–Crippen LogP) is 3.55. The Labute approximate surface area is 131 Å². The highest BCUT2D eigenvalue weighted by atomic mass is 35.5. The van der Waals surface area contributed by atoms with Gasteiger partial charge in [-0.2, -0.15) is 0 Å². The molecule has 20 heavy (non-hydrogen) atoms. The molecule has 0 radical (unpaired) electrons. The number of nitrogens with zero attached hydrogens (tertiary/aromatic N) is 1. The summed E-state index contributed by atoms with van der Waals surface area (Å²) in [6.45, 7) is 2.83. The molecule has 1 saturated heterocycles. The summed E-state index contributed by atoms with van der Waals surface area (Å²) in [5.74, 6) is 0.0595. The molecule has 0 saturated carbocycles. The van der Waals surface area contributed by atoms with Crippen LogP contribution in [-0.2, 0) is 4.79 Å². The van der Waals surface area contributed by atoms with Gasteiger partial charge in [0.2, 0.25) is 5.91 Å².